The molecule has 4 rings (SSSR count). The Labute approximate surface area is 229 Å². The molecular formula is C26H31N5O5S2. The molecule has 2 heterocycles. The van der Waals surface area contributed by atoms with Crippen molar-refractivity contribution in [3.8, 4) is 5.75 Å². The first-order chi connectivity index (χ1) is 18.3. The number of nitrogens with one attached hydrogen (secondary N) is 2. The van der Waals surface area contributed by atoms with Gasteiger partial charge < -0.3 is 24.7 Å². The van der Waals surface area contributed by atoms with Crippen molar-refractivity contribution in [1.82, 2.24) is 20.1 Å². The quantitative estimate of drug-likeness (QED) is 0.283. The fourth-order valence-corrected chi connectivity index (χ4v) is 6.30. The number of benzene rings is 1. The molecule has 1 unspecified atom stereocenters. The molecule has 1 aliphatic rings. The number of ether oxygens (including phenoxy) is 2. The lowest BCUT2D eigenvalue weighted by Gasteiger charge is -2.13. The lowest BCUT2D eigenvalue weighted by atomic mass is 9.95. The van der Waals surface area contributed by atoms with Gasteiger partial charge in [0.05, 0.1) is 36.6 Å². The number of thiophene rings is 1. The fraction of sp³-hybridized carbons (Fsp3) is 0.423. The number of aryl methyl sites for hydroxylation is 1. The lowest BCUT2D eigenvalue weighted by Crippen LogP contribution is -2.25. The third-order valence-electron chi connectivity index (χ3n) is 6.22. The van der Waals surface area contributed by atoms with Crippen molar-refractivity contribution in [1.29, 1.82) is 0 Å². The molecular weight excluding hydrogens is 526 g/mol. The number of nitrogens with zero attached hydrogens (tertiary/aromatic N) is 3. The summed E-state index contributed by atoms with van der Waals surface area (Å²) >= 11 is 2.71. The Hall–Kier alpha value is -3.38. The number of amides is 2. The van der Waals surface area contributed by atoms with Crippen LogP contribution in [0.3, 0.4) is 0 Å². The molecule has 1 atom stereocenters. The minimum Gasteiger partial charge on any atom is -0.496 e. The number of para-hydroxylation sites is 1. The lowest BCUT2D eigenvalue weighted by molar-refractivity contribution is -0.115. The second-order valence-electron chi connectivity index (χ2n) is 8.73. The highest BCUT2D eigenvalue weighted by Crippen LogP contribution is 2.39. The molecule has 2 N–H and O–H groups in total. The van der Waals surface area contributed by atoms with Gasteiger partial charge in [-0.15, -0.1) is 21.5 Å². The SMILES string of the molecule is CCOC(=O)c1c(NC(=O)C(C)Sc2nnc(CNC(=O)c3ccccc3OC)n2C)sc2c1CCCC2. The topological polar surface area (TPSA) is 124 Å². The monoisotopic (exact) mass is 557 g/mol. The highest BCUT2D eigenvalue weighted by molar-refractivity contribution is 8.00. The third-order valence-corrected chi connectivity index (χ3v) is 8.56. The molecule has 0 spiro atoms. The number of esters is 1. The summed E-state index contributed by atoms with van der Waals surface area (Å²) in [6, 6.07) is 6.97. The van der Waals surface area contributed by atoms with E-state index >= 15 is 0 Å². The summed E-state index contributed by atoms with van der Waals surface area (Å²) in [5, 5.41) is 14.7. The van der Waals surface area contributed by atoms with Crippen LogP contribution in [0.2, 0.25) is 0 Å². The van der Waals surface area contributed by atoms with E-state index in [-0.39, 0.29) is 25.0 Å². The highest BCUT2D eigenvalue weighted by atomic mass is 32.2. The van der Waals surface area contributed by atoms with Crippen LogP contribution in [0.4, 0.5) is 5.00 Å². The number of methoxy groups -OCH3 is 1. The van der Waals surface area contributed by atoms with Gasteiger partial charge in [-0.25, -0.2) is 4.79 Å². The van der Waals surface area contributed by atoms with Gasteiger partial charge >= 0.3 is 5.97 Å². The molecule has 12 heteroatoms. The van der Waals surface area contributed by atoms with E-state index in [0.717, 1.165) is 36.1 Å². The van der Waals surface area contributed by atoms with Gasteiger partial charge in [-0.3, -0.25) is 9.59 Å². The summed E-state index contributed by atoms with van der Waals surface area (Å²) in [7, 11) is 3.30. The molecule has 0 radical (unpaired) electrons. The van der Waals surface area contributed by atoms with E-state index in [4.69, 9.17) is 9.47 Å². The van der Waals surface area contributed by atoms with Gasteiger partial charge in [0.2, 0.25) is 5.91 Å². The van der Waals surface area contributed by atoms with Crippen molar-refractivity contribution < 1.29 is 23.9 Å². The minimum atomic E-state index is -0.511. The number of carbonyl (C=O) groups is 3. The second-order valence-corrected chi connectivity index (χ2v) is 11.1. The molecule has 0 fully saturated rings. The van der Waals surface area contributed by atoms with E-state index in [0.29, 0.717) is 32.9 Å². The standard InChI is InChI=1S/C26H31N5O5S2/c1-5-36-25(34)21-17-11-7-9-13-19(17)38-24(21)28-22(32)15(2)37-26-30-29-20(31(26)3)14-27-23(33)16-10-6-8-12-18(16)35-4/h6,8,10,12,15H,5,7,9,11,13-14H2,1-4H3,(H,27,33)(H,28,32). The van der Waals surface area contributed by atoms with E-state index in [2.05, 4.69) is 20.8 Å². The summed E-state index contributed by atoms with van der Waals surface area (Å²) in [4.78, 5) is 39.6. The van der Waals surface area contributed by atoms with Crippen molar-refractivity contribution in [3.63, 3.8) is 0 Å². The largest absolute Gasteiger partial charge is 0.496 e. The van der Waals surface area contributed by atoms with Crippen LogP contribution in [0, 0.1) is 0 Å². The van der Waals surface area contributed by atoms with Gasteiger partial charge in [0.1, 0.15) is 10.8 Å². The smallest absolute Gasteiger partial charge is 0.341 e. The summed E-state index contributed by atoms with van der Waals surface area (Å²) in [5.74, 6) is 0.0999. The number of rotatable bonds is 10. The van der Waals surface area contributed by atoms with Crippen molar-refractivity contribution >= 4 is 45.9 Å². The molecule has 0 saturated heterocycles. The normalized spacial score (nSPS) is 13.4. The van der Waals surface area contributed by atoms with Gasteiger partial charge in [-0.1, -0.05) is 23.9 Å². The Kier molecular flexibility index (Phi) is 9.05. The zero-order valence-electron chi connectivity index (χ0n) is 21.8. The molecule has 0 bridgehead atoms. The van der Waals surface area contributed by atoms with E-state index in [1.165, 1.54) is 30.2 Å². The molecule has 0 saturated carbocycles. The van der Waals surface area contributed by atoms with Crippen LogP contribution >= 0.6 is 23.1 Å². The molecule has 1 aromatic carbocycles. The molecule has 1 aliphatic carbocycles. The third kappa shape index (κ3) is 6.02. The molecule has 202 valence electrons. The Balaban J connectivity index is 1.40. The van der Waals surface area contributed by atoms with Gasteiger partial charge in [0, 0.05) is 11.9 Å². The number of anilines is 1. The summed E-state index contributed by atoms with van der Waals surface area (Å²) in [6.45, 7) is 3.98. The first kappa shape index (κ1) is 27.6. The van der Waals surface area contributed by atoms with Crippen LogP contribution in [0.5, 0.6) is 5.75 Å². The van der Waals surface area contributed by atoms with Crippen LogP contribution in [0.1, 0.15) is 63.7 Å². The second kappa shape index (κ2) is 12.4. The van der Waals surface area contributed by atoms with Gasteiger partial charge in [0.15, 0.2) is 11.0 Å². The highest BCUT2D eigenvalue weighted by Gasteiger charge is 2.29. The summed E-state index contributed by atoms with van der Waals surface area (Å²) in [6.07, 6.45) is 3.81. The molecule has 38 heavy (non-hydrogen) atoms. The van der Waals surface area contributed by atoms with Crippen LogP contribution in [-0.4, -0.2) is 51.5 Å². The Morgan fingerprint density at radius 1 is 1.18 bits per heavy atom. The van der Waals surface area contributed by atoms with E-state index < -0.39 is 11.2 Å². The maximum absolute atomic E-state index is 13.1. The predicted molar refractivity (Wildman–Crippen MR) is 146 cm³/mol. The van der Waals surface area contributed by atoms with E-state index in [9.17, 15) is 14.4 Å². The molecule has 10 nitrogen and oxygen atoms in total. The first-order valence-corrected chi connectivity index (χ1v) is 14.1. The predicted octanol–water partition coefficient (Wildman–Crippen LogP) is 3.99. The first-order valence-electron chi connectivity index (χ1n) is 12.4. The zero-order valence-corrected chi connectivity index (χ0v) is 23.5. The van der Waals surface area contributed by atoms with Gasteiger partial charge in [0.25, 0.3) is 5.91 Å². The maximum atomic E-state index is 13.1. The average molecular weight is 558 g/mol. The zero-order chi connectivity index (χ0) is 27.2. The van der Waals surface area contributed by atoms with Crippen molar-refractivity contribution in [2.75, 3.05) is 19.0 Å². The number of thioether (sulfide) groups is 1. The number of carbonyl (C=O) groups excluding carboxylic acids is 3. The van der Waals surface area contributed by atoms with Crippen LogP contribution in [0.15, 0.2) is 29.4 Å². The molecule has 2 aromatic heterocycles. The van der Waals surface area contributed by atoms with Crippen molar-refractivity contribution in [2.24, 2.45) is 7.05 Å². The number of hydrogen-bond donors (Lipinski definition) is 2. The number of aromatic nitrogens is 3. The summed E-state index contributed by atoms with van der Waals surface area (Å²) in [5.41, 5.74) is 1.92. The van der Waals surface area contributed by atoms with Gasteiger partial charge in [-0.05, 0) is 57.2 Å². The Morgan fingerprint density at radius 2 is 1.95 bits per heavy atom. The molecule has 2 amide bonds. The molecule has 3 aromatic rings. The fourth-order valence-electron chi connectivity index (χ4n) is 4.19. The number of fused-ring (bicyclic) bond motifs is 1. The van der Waals surface area contributed by atoms with E-state index in [1.807, 2.05) is 0 Å². The maximum Gasteiger partial charge on any atom is 0.341 e. The summed E-state index contributed by atoms with van der Waals surface area (Å²) < 4.78 is 12.3. The van der Waals surface area contributed by atoms with Crippen molar-refractivity contribution in [2.45, 2.75) is 56.5 Å². The average Bonchev–Trinajstić information content (AvgIpc) is 3.46. The van der Waals surface area contributed by atoms with Gasteiger partial charge in [-0.2, -0.15) is 0 Å². The Bertz CT molecular complexity index is 1340. The Morgan fingerprint density at radius 3 is 2.71 bits per heavy atom. The van der Waals surface area contributed by atoms with Crippen molar-refractivity contribution in [3.05, 3.63) is 51.7 Å². The minimum absolute atomic E-state index is 0.158. The molecule has 0 aliphatic heterocycles. The van der Waals surface area contributed by atoms with Crippen LogP contribution in [-0.2, 0) is 36.0 Å². The van der Waals surface area contributed by atoms with Crippen LogP contribution < -0.4 is 15.4 Å². The number of hydrogen-bond acceptors (Lipinski definition) is 9. The van der Waals surface area contributed by atoms with E-state index in [1.54, 1.807) is 49.7 Å². The van der Waals surface area contributed by atoms with Crippen LogP contribution in [0.25, 0.3) is 0 Å².